The fraction of sp³-hybridized carbons (Fsp3) is 0.444. The molecule has 0 saturated carbocycles. The van der Waals surface area contributed by atoms with Crippen LogP contribution < -0.4 is 5.73 Å². The van der Waals surface area contributed by atoms with Crippen LogP contribution in [-0.4, -0.2) is 25.5 Å². The molecule has 4 heteroatoms. The summed E-state index contributed by atoms with van der Waals surface area (Å²) in [5.74, 6) is 0. The second-order valence-electron chi connectivity index (χ2n) is 2.65. The van der Waals surface area contributed by atoms with E-state index in [9.17, 15) is 0 Å². The number of pyridine rings is 1. The molecule has 1 rings (SSSR count). The minimum absolute atomic E-state index is 0.302. The lowest BCUT2D eigenvalue weighted by Gasteiger charge is -2.20. The summed E-state index contributed by atoms with van der Waals surface area (Å²) in [7, 11) is 3.12. The van der Waals surface area contributed by atoms with Gasteiger partial charge in [0.1, 0.15) is 0 Å². The molecule has 0 aliphatic carbocycles. The van der Waals surface area contributed by atoms with Crippen molar-refractivity contribution in [2.24, 2.45) is 5.73 Å². The maximum Gasteiger partial charge on any atom is 0.176 e. The third-order valence-corrected chi connectivity index (χ3v) is 1.83. The summed E-state index contributed by atoms with van der Waals surface area (Å²) in [6.07, 6.45) is 2.98. The second-order valence-corrected chi connectivity index (χ2v) is 2.65. The molecular formula is C9H14N2O2. The van der Waals surface area contributed by atoms with Crippen molar-refractivity contribution in [3.8, 4) is 0 Å². The fourth-order valence-corrected chi connectivity index (χ4v) is 1.12. The van der Waals surface area contributed by atoms with E-state index in [1.54, 1.807) is 26.6 Å². The van der Waals surface area contributed by atoms with Gasteiger partial charge < -0.3 is 15.2 Å². The molecule has 0 bridgehead atoms. The summed E-state index contributed by atoms with van der Waals surface area (Å²) in [5, 5.41) is 0. The van der Waals surface area contributed by atoms with Crippen molar-refractivity contribution in [3.05, 3.63) is 30.1 Å². The van der Waals surface area contributed by atoms with Gasteiger partial charge in [0.2, 0.25) is 0 Å². The average molecular weight is 182 g/mol. The monoisotopic (exact) mass is 182 g/mol. The Morgan fingerprint density at radius 1 is 1.38 bits per heavy atom. The fourth-order valence-electron chi connectivity index (χ4n) is 1.12. The SMILES string of the molecule is COC(OC)[C@H](N)c1cccnc1. The van der Waals surface area contributed by atoms with Crippen LogP contribution in [0, 0.1) is 0 Å². The lowest BCUT2D eigenvalue weighted by Crippen LogP contribution is -2.29. The molecule has 0 saturated heterocycles. The molecule has 1 aromatic heterocycles. The third kappa shape index (κ3) is 2.48. The molecule has 0 fully saturated rings. The Hall–Kier alpha value is -0.970. The number of ether oxygens (including phenoxy) is 2. The molecule has 0 aromatic carbocycles. The summed E-state index contributed by atoms with van der Waals surface area (Å²) in [4.78, 5) is 3.97. The largest absolute Gasteiger partial charge is 0.354 e. The molecule has 4 nitrogen and oxygen atoms in total. The van der Waals surface area contributed by atoms with E-state index in [1.165, 1.54) is 0 Å². The van der Waals surface area contributed by atoms with Gasteiger partial charge in [-0.25, -0.2) is 0 Å². The topological polar surface area (TPSA) is 57.4 Å². The van der Waals surface area contributed by atoms with E-state index >= 15 is 0 Å². The van der Waals surface area contributed by atoms with Crippen LogP contribution in [0.25, 0.3) is 0 Å². The normalized spacial score (nSPS) is 13.2. The molecule has 13 heavy (non-hydrogen) atoms. The summed E-state index contributed by atoms with van der Waals surface area (Å²) < 4.78 is 10.1. The first-order valence-corrected chi connectivity index (χ1v) is 4.00. The van der Waals surface area contributed by atoms with Gasteiger partial charge in [0.05, 0.1) is 6.04 Å². The van der Waals surface area contributed by atoms with Crippen LogP contribution in [-0.2, 0) is 9.47 Å². The van der Waals surface area contributed by atoms with Gasteiger partial charge in [0.25, 0.3) is 0 Å². The zero-order chi connectivity index (χ0) is 9.68. The molecule has 2 N–H and O–H groups in total. The van der Waals surface area contributed by atoms with Crippen molar-refractivity contribution in [1.82, 2.24) is 4.98 Å². The maximum atomic E-state index is 5.87. The van der Waals surface area contributed by atoms with E-state index in [2.05, 4.69) is 4.98 Å². The van der Waals surface area contributed by atoms with Gasteiger partial charge in [-0.2, -0.15) is 0 Å². The zero-order valence-corrected chi connectivity index (χ0v) is 7.81. The Morgan fingerprint density at radius 3 is 2.54 bits per heavy atom. The molecule has 72 valence electrons. The average Bonchev–Trinajstić information content (AvgIpc) is 2.21. The van der Waals surface area contributed by atoms with E-state index in [0.29, 0.717) is 0 Å². The number of methoxy groups -OCH3 is 2. The lowest BCUT2D eigenvalue weighted by molar-refractivity contribution is -0.117. The molecule has 0 radical (unpaired) electrons. The van der Waals surface area contributed by atoms with Crippen LogP contribution >= 0.6 is 0 Å². The predicted octanol–water partition coefficient (Wildman–Crippen LogP) is 0.700. The van der Waals surface area contributed by atoms with Gasteiger partial charge in [0, 0.05) is 26.6 Å². The minimum atomic E-state index is -0.427. The number of nitrogens with zero attached hydrogens (tertiary/aromatic N) is 1. The Bertz CT molecular complexity index is 237. The molecule has 0 spiro atoms. The van der Waals surface area contributed by atoms with E-state index in [0.717, 1.165) is 5.56 Å². The summed E-state index contributed by atoms with van der Waals surface area (Å²) in [5.41, 5.74) is 6.77. The molecule has 1 aromatic rings. The van der Waals surface area contributed by atoms with E-state index in [-0.39, 0.29) is 6.04 Å². The first-order chi connectivity index (χ1) is 6.29. The Balaban J connectivity index is 2.72. The highest BCUT2D eigenvalue weighted by atomic mass is 16.7. The quantitative estimate of drug-likeness (QED) is 0.696. The van der Waals surface area contributed by atoms with Crippen molar-refractivity contribution < 1.29 is 9.47 Å². The van der Waals surface area contributed by atoms with Gasteiger partial charge in [-0.3, -0.25) is 4.98 Å². The van der Waals surface area contributed by atoms with Gasteiger partial charge in [0.15, 0.2) is 6.29 Å². The number of hydrogen-bond donors (Lipinski definition) is 1. The van der Waals surface area contributed by atoms with Crippen molar-refractivity contribution >= 4 is 0 Å². The van der Waals surface area contributed by atoms with Gasteiger partial charge in [-0.15, -0.1) is 0 Å². The van der Waals surface area contributed by atoms with Crippen LogP contribution in [0.4, 0.5) is 0 Å². The maximum absolute atomic E-state index is 5.87. The molecule has 0 aliphatic heterocycles. The number of nitrogens with two attached hydrogens (primary N) is 1. The van der Waals surface area contributed by atoms with Crippen LogP contribution in [0.1, 0.15) is 11.6 Å². The van der Waals surface area contributed by atoms with E-state index in [1.807, 2.05) is 12.1 Å². The zero-order valence-electron chi connectivity index (χ0n) is 7.81. The molecule has 1 heterocycles. The first-order valence-electron chi connectivity index (χ1n) is 4.00. The Labute approximate surface area is 77.7 Å². The van der Waals surface area contributed by atoms with Crippen LogP contribution in [0.5, 0.6) is 0 Å². The third-order valence-electron chi connectivity index (χ3n) is 1.83. The Kier molecular flexibility index (Phi) is 3.82. The minimum Gasteiger partial charge on any atom is -0.354 e. The number of hydrogen-bond acceptors (Lipinski definition) is 4. The Morgan fingerprint density at radius 2 is 2.08 bits per heavy atom. The summed E-state index contributed by atoms with van der Waals surface area (Å²) >= 11 is 0. The van der Waals surface area contributed by atoms with Crippen LogP contribution in [0.2, 0.25) is 0 Å². The van der Waals surface area contributed by atoms with E-state index in [4.69, 9.17) is 15.2 Å². The second kappa shape index (κ2) is 4.91. The summed E-state index contributed by atoms with van der Waals surface area (Å²) in [6.45, 7) is 0. The van der Waals surface area contributed by atoms with Gasteiger partial charge >= 0.3 is 0 Å². The van der Waals surface area contributed by atoms with Crippen molar-refractivity contribution in [2.75, 3.05) is 14.2 Å². The molecule has 0 amide bonds. The highest BCUT2D eigenvalue weighted by molar-refractivity contribution is 5.13. The standard InChI is InChI=1S/C9H14N2O2/c1-12-9(13-2)8(10)7-4-3-5-11-6-7/h3-6,8-9H,10H2,1-2H3/t8-/m1/s1. The number of aromatic nitrogens is 1. The highest BCUT2D eigenvalue weighted by Gasteiger charge is 2.17. The first kappa shape index (κ1) is 10.1. The molecule has 0 aliphatic rings. The van der Waals surface area contributed by atoms with Gasteiger partial charge in [-0.1, -0.05) is 6.07 Å². The molecular weight excluding hydrogens is 168 g/mol. The van der Waals surface area contributed by atoms with Crippen LogP contribution in [0.15, 0.2) is 24.5 Å². The lowest BCUT2D eigenvalue weighted by atomic mass is 10.1. The predicted molar refractivity (Wildman–Crippen MR) is 49.0 cm³/mol. The smallest absolute Gasteiger partial charge is 0.176 e. The summed E-state index contributed by atoms with van der Waals surface area (Å²) in [6, 6.07) is 3.42. The molecule has 0 unspecified atom stereocenters. The highest BCUT2D eigenvalue weighted by Crippen LogP contribution is 2.14. The molecule has 1 atom stereocenters. The van der Waals surface area contributed by atoms with Gasteiger partial charge in [-0.05, 0) is 11.6 Å². The van der Waals surface area contributed by atoms with Crippen molar-refractivity contribution in [2.45, 2.75) is 12.3 Å². The van der Waals surface area contributed by atoms with E-state index < -0.39 is 6.29 Å². The number of rotatable bonds is 4. The van der Waals surface area contributed by atoms with Crippen molar-refractivity contribution in [1.29, 1.82) is 0 Å². The van der Waals surface area contributed by atoms with Crippen molar-refractivity contribution in [3.63, 3.8) is 0 Å². The van der Waals surface area contributed by atoms with Crippen LogP contribution in [0.3, 0.4) is 0 Å².